The van der Waals surface area contributed by atoms with Gasteiger partial charge in [0.2, 0.25) is 5.91 Å². The van der Waals surface area contributed by atoms with Crippen LogP contribution in [-0.4, -0.2) is 52.8 Å². The largest absolute Gasteiger partial charge is 0.496 e. The molecular weight excluding hydrogens is 376 g/mol. The van der Waals surface area contributed by atoms with Crippen molar-refractivity contribution >= 4 is 22.6 Å². The molecule has 0 radical (unpaired) electrons. The molecule has 2 unspecified atom stereocenters. The second kappa shape index (κ2) is 9.18. The molecule has 3 rings (SSSR count). The summed E-state index contributed by atoms with van der Waals surface area (Å²) in [6, 6.07) is 8.54. The van der Waals surface area contributed by atoms with Crippen LogP contribution in [0.5, 0.6) is 11.5 Å². The van der Waals surface area contributed by atoms with Crippen LogP contribution in [0.4, 0.5) is 0 Å². The summed E-state index contributed by atoms with van der Waals surface area (Å²) in [4.78, 5) is 31.4. The van der Waals surface area contributed by atoms with Gasteiger partial charge in [0.25, 0.3) is 0 Å². The van der Waals surface area contributed by atoms with Gasteiger partial charge in [0.1, 0.15) is 11.5 Å². The number of fused-ring (bicyclic) bond motifs is 1. The highest BCUT2D eigenvalue weighted by Gasteiger charge is 2.25. The normalized spacial score (nSPS) is 12.9. The van der Waals surface area contributed by atoms with E-state index in [-0.39, 0.29) is 12.2 Å². The van der Waals surface area contributed by atoms with Crippen molar-refractivity contribution in [3.8, 4) is 11.5 Å². The monoisotopic (exact) mass is 398 g/mol. The zero-order valence-corrected chi connectivity index (χ0v) is 15.8. The van der Waals surface area contributed by atoms with E-state index in [1.807, 2.05) is 24.3 Å². The Morgan fingerprint density at radius 3 is 2.79 bits per heavy atom. The number of aliphatic hydroxyl groups is 1. The minimum absolute atomic E-state index is 0.209. The van der Waals surface area contributed by atoms with Crippen molar-refractivity contribution in [2.75, 3.05) is 13.7 Å². The topological polar surface area (TPSA) is 140 Å². The first-order chi connectivity index (χ1) is 14.0. The molecule has 0 fully saturated rings. The number of imidazole rings is 1. The van der Waals surface area contributed by atoms with E-state index >= 15 is 0 Å². The Labute approximate surface area is 166 Å². The fourth-order valence-corrected chi connectivity index (χ4v) is 2.85. The maximum Gasteiger partial charge on any atom is 0.336 e. The van der Waals surface area contributed by atoms with Gasteiger partial charge in [0.05, 0.1) is 26.1 Å². The Hall–Kier alpha value is -3.43. The number of esters is 1. The van der Waals surface area contributed by atoms with E-state index in [9.17, 15) is 14.7 Å². The molecule has 0 saturated carbocycles. The van der Waals surface area contributed by atoms with E-state index < -0.39 is 30.6 Å². The van der Waals surface area contributed by atoms with Gasteiger partial charge in [-0.2, -0.15) is 0 Å². The molecule has 2 atom stereocenters. The number of benzene rings is 2. The highest BCUT2D eigenvalue weighted by atomic mass is 16.5. The third-order valence-corrected chi connectivity index (χ3v) is 4.35. The number of hydrogen-bond acceptors (Lipinski definition) is 7. The van der Waals surface area contributed by atoms with Gasteiger partial charge in [-0.15, -0.1) is 0 Å². The second-order valence-corrected chi connectivity index (χ2v) is 6.40. The molecule has 0 saturated heterocycles. The summed E-state index contributed by atoms with van der Waals surface area (Å²) in [5.41, 5.74) is 6.53. The fourth-order valence-electron chi connectivity index (χ4n) is 2.85. The number of carbonyl (C=O) groups excluding carboxylic acids is 2. The second-order valence-electron chi connectivity index (χ2n) is 6.40. The average Bonchev–Trinajstić information content (AvgIpc) is 3.23. The van der Waals surface area contributed by atoms with Gasteiger partial charge < -0.3 is 30.6 Å². The van der Waals surface area contributed by atoms with Crippen LogP contribution in [0.3, 0.4) is 0 Å². The molecule has 1 amide bonds. The number of carbonyl (C=O) groups is 2. The quantitative estimate of drug-likeness (QED) is 0.320. The van der Waals surface area contributed by atoms with Gasteiger partial charge >= 0.3 is 5.97 Å². The van der Waals surface area contributed by atoms with Crippen LogP contribution in [0.25, 0.3) is 10.8 Å². The lowest BCUT2D eigenvalue weighted by molar-refractivity contribution is -0.140. The summed E-state index contributed by atoms with van der Waals surface area (Å²) >= 11 is 0. The number of hydrogen-bond donors (Lipinski definition) is 4. The van der Waals surface area contributed by atoms with Crippen molar-refractivity contribution in [3.05, 3.63) is 54.6 Å². The molecule has 9 nitrogen and oxygen atoms in total. The van der Waals surface area contributed by atoms with Crippen molar-refractivity contribution in [2.45, 2.75) is 18.5 Å². The van der Waals surface area contributed by atoms with Crippen LogP contribution >= 0.6 is 0 Å². The third-order valence-electron chi connectivity index (χ3n) is 4.35. The molecule has 0 aliphatic heterocycles. The Balaban J connectivity index is 1.68. The van der Waals surface area contributed by atoms with Gasteiger partial charge in [0.15, 0.2) is 6.04 Å². The summed E-state index contributed by atoms with van der Waals surface area (Å²) in [6.45, 7) is -0.633. The zero-order chi connectivity index (χ0) is 20.8. The summed E-state index contributed by atoms with van der Waals surface area (Å²) in [6.07, 6.45) is 3.24. The Morgan fingerprint density at radius 1 is 1.31 bits per heavy atom. The molecule has 2 aromatic carbocycles. The Kier molecular flexibility index (Phi) is 6.43. The highest BCUT2D eigenvalue weighted by molar-refractivity contribution is 5.91. The van der Waals surface area contributed by atoms with E-state index in [0.29, 0.717) is 11.4 Å². The first-order valence-electron chi connectivity index (χ1n) is 8.94. The van der Waals surface area contributed by atoms with Crippen molar-refractivity contribution in [2.24, 2.45) is 5.73 Å². The van der Waals surface area contributed by atoms with E-state index in [0.717, 1.165) is 10.8 Å². The Morgan fingerprint density at radius 2 is 2.10 bits per heavy atom. The standard InChI is InChI=1S/C20H22N4O5/c1-28-18-8-14(6-12-4-2-3-5-15(12)18)29-20(27)17(10-25)24-19(26)16(21)7-13-9-22-11-23-13/h2-6,8-9,11,16-17,25H,7,10,21H2,1H3,(H,22,23)(H,24,26). The van der Waals surface area contributed by atoms with E-state index in [4.69, 9.17) is 15.2 Å². The van der Waals surface area contributed by atoms with Gasteiger partial charge in [-0.25, -0.2) is 9.78 Å². The molecule has 5 N–H and O–H groups in total. The molecule has 1 heterocycles. The first-order valence-corrected chi connectivity index (χ1v) is 8.94. The maximum absolute atomic E-state index is 12.5. The van der Waals surface area contributed by atoms with Crippen LogP contribution in [0.15, 0.2) is 48.9 Å². The van der Waals surface area contributed by atoms with Crippen molar-refractivity contribution in [1.82, 2.24) is 15.3 Å². The zero-order valence-electron chi connectivity index (χ0n) is 15.8. The number of nitrogens with zero attached hydrogens (tertiary/aromatic N) is 1. The van der Waals surface area contributed by atoms with Crippen molar-refractivity contribution in [3.63, 3.8) is 0 Å². The molecule has 3 aromatic rings. The van der Waals surface area contributed by atoms with E-state index in [2.05, 4.69) is 15.3 Å². The molecule has 1 aromatic heterocycles. The number of rotatable bonds is 8. The van der Waals surface area contributed by atoms with Crippen LogP contribution in [0, 0.1) is 0 Å². The molecule has 152 valence electrons. The van der Waals surface area contributed by atoms with Crippen LogP contribution < -0.4 is 20.5 Å². The third kappa shape index (κ3) is 4.89. The van der Waals surface area contributed by atoms with Crippen LogP contribution in [0.2, 0.25) is 0 Å². The van der Waals surface area contributed by atoms with Crippen LogP contribution in [0.1, 0.15) is 5.69 Å². The van der Waals surface area contributed by atoms with Gasteiger partial charge in [-0.05, 0) is 11.5 Å². The number of ether oxygens (including phenoxy) is 2. The average molecular weight is 398 g/mol. The lowest BCUT2D eigenvalue weighted by Crippen LogP contribution is -2.51. The molecule has 0 bridgehead atoms. The lowest BCUT2D eigenvalue weighted by atomic mass is 10.1. The lowest BCUT2D eigenvalue weighted by Gasteiger charge is -2.18. The van der Waals surface area contributed by atoms with Crippen LogP contribution in [-0.2, 0) is 16.0 Å². The number of nitrogens with two attached hydrogens (primary N) is 1. The molecule has 9 heteroatoms. The van der Waals surface area contributed by atoms with Crippen molar-refractivity contribution < 1.29 is 24.2 Å². The highest BCUT2D eigenvalue weighted by Crippen LogP contribution is 2.31. The molecule has 0 spiro atoms. The number of methoxy groups -OCH3 is 1. The van der Waals surface area contributed by atoms with Gasteiger partial charge in [-0.1, -0.05) is 24.3 Å². The molecule has 0 aliphatic rings. The van der Waals surface area contributed by atoms with Gasteiger partial charge in [-0.3, -0.25) is 4.79 Å². The fraction of sp³-hybridized carbons (Fsp3) is 0.250. The number of amides is 1. The predicted octanol–water partition coefficient (Wildman–Crippen LogP) is 0.524. The number of H-pyrrole nitrogens is 1. The summed E-state index contributed by atoms with van der Waals surface area (Å²) in [7, 11) is 1.52. The SMILES string of the molecule is COc1cc(OC(=O)C(CO)NC(=O)C(N)Cc2cnc[nH]2)cc2ccccc12. The number of nitrogens with one attached hydrogen (secondary N) is 2. The van der Waals surface area contributed by atoms with E-state index in [1.165, 1.54) is 13.4 Å². The number of aromatic nitrogens is 2. The van der Waals surface area contributed by atoms with Crippen molar-refractivity contribution in [1.29, 1.82) is 0 Å². The minimum Gasteiger partial charge on any atom is -0.496 e. The Bertz CT molecular complexity index is 990. The predicted molar refractivity (Wildman–Crippen MR) is 105 cm³/mol. The summed E-state index contributed by atoms with van der Waals surface area (Å²) in [5.74, 6) is -0.629. The summed E-state index contributed by atoms with van der Waals surface area (Å²) in [5, 5.41) is 13.6. The van der Waals surface area contributed by atoms with Gasteiger partial charge in [0, 0.05) is 29.8 Å². The molecular formula is C20H22N4O5. The number of aromatic amines is 1. The van der Waals surface area contributed by atoms with E-state index in [1.54, 1.807) is 18.3 Å². The first kappa shape index (κ1) is 20.3. The number of aliphatic hydroxyl groups excluding tert-OH is 1. The minimum atomic E-state index is -1.26. The molecule has 29 heavy (non-hydrogen) atoms. The smallest absolute Gasteiger partial charge is 0.336 e. The maximum atomic E-state index is 12.5. The molecule has 0 aliphatic carbocycles. The summed E-state index contributed by atoms with van der Waals surface area (Å²) < 4.78 is 10.7.